The molecule has 8 rings (SSSR count). The van der Waals surface area contributed by atoms with Crippen LogP contribution in [0.3, 0.4) is 0 Å². The van der Waals surface area contributed by atoms with E-state index in [0.717, 1.165) is 0 Å². The number of carboxylic acid groups (broad SMARTS) is 1. The monoisotopic (exact) mass is 1620 g/mol. The zero-order chi connectivity index (χ0) is 52.9. The molecule has 2 radical (unpaired) electrons. The Morgan fingerprint density at radius 3 is 1.32 bits per heavy atom. The van der Waals surface area contributed by atoms with Crippen molar-refractivity contribution in [3.05, 3.63) is 22.3 Å². The summed E-state index contributed by atoms with van der Waals surface area (Å²) in [5.74, 6) is -5.46. The van der Waals surface area contributed by atoms with E-state index in [0.29, 0.717) is 22.3 Å². The molecule has 399 valence electrons. The summed E-state index contributed by atoms with van der Waals surface area (Å²) in [6, 6.07) is 0. The molecule has 2 heterocycles. The second kappa shape index (κ2) is 23.9. The Morgan fingerprint density at radius 1 is 0.662 bits per heavy atom. The van der Waals surface area contributed by atoms with E-state index in [4.69, 9.17) is 36.2 Å². The van der Waals surface area contributed by atoms with Crippen LogP contribution in [0.5, 0.6) is 0 Å². The Labute approximate surface area is 509 Å². The van der Waals surface area contributed by atoms with Crippen LogP contribution in [0.2, 0.25) is 0 Å². The second-order valence-electron chi connectivity index (χ2n) is 22.2. The molecular weight excluding hydrogens is 1550 g/mol. The summed E-state index contributed by atoms with van der Waals surface area (Å²) in [5, 5.41) is 110. The van der Waals surface area contributed by atoms with Crippen molar-refractivity contribution in [2.24, 2.45) is 45.3 Å². The van der Waals surface area contributed by atoms with Crippen LogP contribution in [0.25, 0.3) is 0 Å². The van der Waals surface area contributed by atoms with Crippen molar-refractivity contribution in [3.63, 3.8) is 0 Å². The number of carbonyl (C=O) groups is 4. The average molecular weight is 1620 g/mol. The van der Waals surface area contributed by atoms with Crippen LogP contribution in [0.1, 0.15) is 122 Å². The SMILES string of the molecule is CC1=C2C(O)C(=O)C3(C)C(O)CC4OC[C@@]4(O)C3[C@H](C)C(O)(CC1O)C2(C)C.CCC(=O)O.CCC(=O)OC1C(=O)C2(C)C(O)CC3OC[C@@]3(O)C2[C@H](C)C2(O)CC(O)C(C)=C1C2(C)C.[Ac].[Ac].[Cl][Ce]([Cl])[Cl]. The molecule has 17 nitrogen and oxygen atoms in total. The van der Waals surface area contributed by atoms with Gasteiger partial charge in [0.15, 0.2) is 17.7 Å². The molecule has 0 amide bonds. The van der Waals surface area contributed by atoms with Crippen molar-refractivity contribution in [1.82, 2.24) is 0 Å². The number of ether oxygens (including phenoxy) is 3. The normalized spacial score (nSPS) is 45.3. The number of aliphatic hydroxyl groups is 9. The zero-order valence-electron chi connectivity index (χ0n) is 42.7. The molecule has 10 N–H and O–H groups in total. The van der Waals surface area contributed by atoms with Gasteiger partial charge in [0.1, 0.15) is 17.3 Å². The van der Waals surface area contributed by atoms with Gasteiger partial charge in [0.2, 0.25) is 0 Å². The molecule has 71 heavy (non-hydrogen) atoms. The minimum atomic E-state index is -2.24. The average Bonchev–Trinajstić information content (AvgIpc) is 3.25. The second-order valence-corrected chi connectivity index (χ2v) is 36.1. The van der Waals surface area contributed by atoms with Gasteiger partial charge in [-0.2, -0.15) is 0 Å². The number of esters is 1. The molecule has 0 spiro atoms. The van der Waals surface area contributed by atoms with Crippen molar-refractivity contribution in [2.45, 2.75) is 193 Å². The fraction of sp³-hybridized carbons (Fsp3) is 0.833. The number of aliphatic carboxylic acids is 1. The topological polar surface area (TPSA) is 298 Å². The predicted octanol–water partition coefficient (Wildman–Crippen LogP) is 3.35. The van der Waals surface area contributed by atoms with Crippen molar-refractivity contribution in [2.75, 3.05) is 13.2 Å². The van der Waals surface area contributed by atoms with Crippen LogP contribution in [-0.4, -0.2) is 159 Å². The van der Waals surface area contributed by atoms with E-state index < -0.39 is 171 Å². The predicted molar refractivity (Wildman–Crippen MR) is 248 cm³/mol. The van der Waals surface area contributed by atoms with Crippen LogP contribution < -0.4 is 0 Å². The first-order chi connectivity index (χ1) is 31.4. The van der Waals surface area contributed by atoms with Gasteiger partial charge >= 0.3 is 59.5 Å². The number of aliphatic hydroxyl groups excluding tert-OH is 5. The van der Waals surface area contributed by atoms with Crippen LogP contribution in [0.15, 0.2) is 22.3 Å². The van der Waals surface area contributed by atoms with E-state index in [2.05, 4.69) is 0 Å². The third-order valence-corrected chi connectivity index (χ3v) is 18.6. The summed E-state index contributed by atoms with van der Waals surface area (Å²) in [6.45, 7) is 20.4. The third kappa shape index (κ3) is 10.8. The van der Waals surface area contributed by atoms with E-state index in [-0.39, 0.29) is 140 Å². The first-order valence-electron chi connectivity index (χ1n) is 23.7. The molecule has 14 unspecified atom stereocenters. The van der Waals surface area contributed by atoms with Gasteiger partial charge in [-0.1, -0.05) is 55.4 Å². The first kappa shape index (κ1) is 67.7. The molecule has 2 saturated heterocycles. The molecule has 6 fully saturated rings. The van der Waals surface area contributed by atoms with Crippen molar-refractivity contribution < 1.29 is 203 Å². The molecule has 0 aromatic heterocycles. The molecule has 23 heteroatoms. The van der Waals surface area contributed by atoms with Gasteiger partial charge in [-0.15, -0.1) is 0 Å². The van der Waals surface area contributed by atoms with Gasteiger partial charge < -0.3 is 65.3 Å². The minimum absolute atomic E-state index is 0. The van der Waals surface area contributed by atoms with Gasteiger partial charge in [-0.3, -0.25) is 19.2 Å². The number of ketones is 2. The Morgan fingerprint density at radius 2 is 1.00 bits per heavy atom. The Bertz CT molecular complexity index is 2110. The molecule has 18 atom stereocenters. The maximum absolute atomic E-state index is 14.2. The number of hydrogen-bond acceptors (Lipinski definition) is 16. The summed E-state index contributed by atoms with van der Waals surface area (Å²) < 4.78 is 16.7. The molecule has 2 aliphatic heterocycles. The molecule has 4 bridgehead atoms. The van der Waals surface area contributed by atoms with Crippen LogP contribution in [0.4, 0.5) is 0 Å². The number of hydrogen-bond donors (Lipinski definition) is 10. The molecule has 8 aliphatic rings. The van der Waals surface area contributed by atoms with E-state index in [1.807, 2.05) is 0 Å². The summed E-state index contributed by atoms with van der Waals surface area (Å²) in [7, 11) is 0. The number of rotatable bonds is 3. The Kier molecular flexibility index (Phi) is 22.8. The van der Waals surface area contributed by atoms with Gasteiger partial charge in [0, 0.05) is 149 Å². The van der Waals surface area contributed by atoms with Gasteiger partial charge in [0.05, 0.1) is 71.9 Å². The summed E-state index contributed by atoms with van der Waals surface area (Å²) in [6.07, 6.45) is -8.09. The van der Waals surface area contributed by atoms with E-state index in [1.165, 1.54) is 0 Å². The van der Waals surface area contributed by atoms with Crippen LogP contribution in [0, 0.1) is 164 Å². The first-order valence-corrected chi connectivity index (χ1v) is 35.5. The number of fused-ring (bicyclic) bond motifs is 10. The van der Waals surface area contributed by atoms with E-state index >= 15 is 0 Å². The van der Waals surface area contributed by atoms with Gasteiger partial charge in [-0.05, 0) is 61.8 Å². The zero-order valence-corrected chi connectivity index (χ0v) is 57.6. The number of Topliss-reactive ketones (excluding diaryl/α,β-unsaturated/α-hetero) is 2. The summed E-state index contributed by atoms with van der Waals surface area (Å²) in [4.78, 5) is 49.6. The maximum atomic E-state index is 14.2. The standard InChI is InChI=1S/C24H36O8.C21H32O7.C3H6O2.2Ac.Ce.3ClH/c1-7-16(27)32-18-17-11(2)13(25)9-24(30,21(17,4)5)12(3)19-22(6,20(18)28)14(26)8-15-23(19,29)10-31-15;1-9-11(22)7-21(27)10(2)16-19(5,12(23)6-13-20(16,26)8-28-13)17(25)15(24)14(9)18(21,3)4;1-2-3(4)5;;;;;;/h12-15,18-19,25-26,29-30H,7-10H2,1-6H3;10-13,15-16,22-24,26-27H,6-8H2,1-5H3;2H2,1H3,(H,4,5);;;;3*1H/q;;;;;+3;;;/p-3/t12-,13?,14?,15?,18?,19?,22?,23-,24?;10-,11?,12?,13?,15?,16?,19?,20-,21?;;;;;;;/m00......./s1. The number of carbonyl (C=O) groups excluding carboxylic acids is 3. The Hall–Kier alpha value is 2.45. The van der Waals surface area contributed by atoms with E-state index in [9.17, 15) is 65.1 Å². The van der Waals surface area contributed by atoms with Crippen molar-refractivity contribution in [1.29, 1.82) is 0 Å². The third-order valence-electron chi connectivity index (χ3n) is 18.6. The summed E-state index contributed by atoms with van der Waals surface area (Å²) >= 11 is -2.24. The molecule has 4 saturated carbocycles. The number of carboxylic acids is 1. The van der Waals surface area contributed by atoms with Crippen molar-refractivity contribution >= 4 is 40.4 Å². The number of halogens is 3. The molecular formula is C48H74Ac2CeCl3O17. The van der Waals surface area contributed by atoms with Gasteiger partial charge in [-0.25, -0.2) is 0 Å². The molecule has 6 aliphatic carbocycles. The van der Waals surface area contributed by atoms with Crippen LogP contribution >= 0.6 is 16.9 Å². The Balaban J connectivity index is 0.000000315. The van der Waals surface area contributed by atoms with Gasteiger partial charge in [0.25, 0.3) is 0 Å². The molecule has 0 aromatic rings. The molecule has 0 aromatic carbocycles. The fourth-order valence-corrected chi connectivity index (χ4v) is 14.3. The van der Waals surface area contributed by atoms with Crippen LogP contribution in [-0.2, 0) is 33.4 Å². The quantitative estimate of drug-likeness (QED) is 0.143. The van der Waals surface area contributed by atoms with E-state index in [1.54, 1.807) is 83.1 Å². The fourth-order valence-electron chi connectivity index (χ4n) is 14.3. The van der Waals surface area contributed by atoms with Crippen molar-refractivity contribution in [3.8, 4) is 0 Å². The summed E-state index contributed by atoms with van der Waals surface area (Å²) in [5.41, 5.74) is 5.87.